The second-order valence-corrected chi connectivity index (χ2v) is 4.11. The van der Waals surface area contributed by atoms with Crippen LogP contribution < -0.4 is 0 Å². The largest absolute Gasteiger partial charge is 0.478 e. The highest BCUT2D eigenvalue weighted by atomic mass is 16.4. The van der Waals surface area contributed by atoms with Gasteiger partial charge in [0.15, 0.2) is 5.65 Å². The maximum Gasteiger partial charge on any atom is 0.335 e. The summed E-state index contributed by atoms with van der Waals surface area (Å²) >= 11 is 0. The van der Waals surface area contributed by atoms with Crippen LogP contribution in [-0.4, -0.2) is 25.7 Å². The molecule has 96 valence electrons. The zero-order chi connectivity index (χ0) is 13.9. The summed E-state index contributed by atoms with van der Waals surface area (Å²) in [5.41, 5.74) is 2.33. The minimum Gasteiger partial charge on any atom is -0.478 e. The van der Waals surface area contributed by atoms with E-state index in [0.717, 1.165) is 5.65 Å². The number of hydrogen-bond acceptors (Lipinski definition) is 3. The van der Waals surface area contributed by atoms with Crippen molar-refractivity contribution in [1.29, 1.82) is 0 Å². The van der Waals surface area contributed by atoms with Crippen LogP contribution in [0.3, 0.4) is 0 Å². The fourth-order valence-electron chi connectivity index (χ4n) is 1.75. The highest BCUT2D eigenvalue weighted by molar-refractivity contribution is 5.88. The average Bonchev–Trinajstić information content (AvgIpc) is 2.93. The molecule has 0 radical (unpaired) electrons. The minimum atomic E-state index is -0.965. The van der Waals surface area contributed by atoms with Gasteiger partial charge in [0.2, 0.25) is 0 Å². The molecule has 5 heteroatoms. The zero-order valence-electron chi connectivity index (χ0n) is 10.3. The van der Waals surface area contributed by atoms with E-state index in [2.05, 4.69) is 21.9 Å². The number of hydrogen-bond donors (Lipinski definition) is 1. The molecule has 0 unspecified atom stereocenters. The standard InChI is InChI=1S/C15H9N3O2/c19-15(20)13-3-1-2-11(8-13)4-5-12-9-16-14-6-7-17-18(14)10-12/h1-3,6-10H,(H,19,20). The van der Waals surface area contributed by atoms with Crippen molar-refractivity contribution in [3.8, 4) is 11.8 Å². The van der Waals surface area contributed by atoms with Crippen LogP contribution in [0.2, 0.25) is 0 Å². The van der Waals surface area contributed by atoms with Gasteiger partial charge >= 0.3 is 5.97 Å². The van der Waals surface area contributed by atoms with Gasteiger partial charge in [0.1, 0.15) is 0 Å². The molecular weight excluding hydrogens is 254 g/mol. The molecule has 1 aromatic carbocycles. The Labute approximate surface area is 114 Å². The van der Waals surface area contributed by atoms with E-state index in [0.29, 0.717) is 11.1 Å². The fraction of sp³-hybridized carbons (Fsp3) is 0. The number of carboxylic acid groups (broad SMARTS) is 1. The van der Waals surface area contributed by atoms with E-state index in [4.69, 9.17) is 5.11 Å². The van der Waals surface area contributed by atoms with Crippen LogP contribution in [0.5, 0.6) is 0 Å². The number of carboxylic acids is 1. The van der Waals surface area contributed by atoms with Gasteiger partial charge in [0.25, 0.3) is 0 Å². The summed E-state index contributed by atoms with van der Waals surface area (Å²) in [5, 5.41) is 13.0. The Hall–Kier alpha value is -3.13. The SMILES string of the molecule is O=C(O)c1cccc(C#Cc2cnc3ccnn3c2)c1. The molecule has 0 spiro atoms. The molecule has 0 atom stereocenters. The Morgan fingerprint density at radius 3 is 2.90 bits per heavy atom. The quantitative estimate of drug-likeness (QED) is 0.680. The summed E-state index contributed by atoms with van der Waals surface area (Å²) in [6.45, 7) is 0. The van der Waals surface area contributed by atoms with Crippen molar-refractivity contribution >= 4 is 11.6 Å². The molecule has 5 nitrogen and oxygen atoms in total. The third-order valence-electron chi connectivity index (χ3n) is 2.71. The first kappa shape index (κ1) is 11.9. The third-order valence-corrected chi connectivity index (χ3v) is 2.71. The number of fused-ring (bicyclic) bond motifs is 1. The van der Waals surface area contributed by atoms with Crippen LogP contribution in [0.4, 0.5) is 0 Å². The predicted molar refractivity (Wildman–Crippen MR) is 72.4 cm³/mol. The van der Waals surface area contributed by atoms with E-state index >= 15 is 0 Å². The number of carbonyl (C=O) groups is 1. The van der Waals surface area contributed by atoms with Gasteiger partial charge in [-0.2, -0.15) is 5.10 Å². The molecule has 0 aliphatic rings. The average molecular weight is 263 g/mol. The van der Waals surface area contributed by atoms with Crippen molar-refractivity contribution in [3.63, 3.8) is 0 Å². The molecule has 20 heavy (non-hydrogen) atoms. The summed E-state index contributed by atoms with van der Waals surface area (Å²) in [6.07, 6.45) is 5.09. The van der Waals surface area contributed by atoms with E-state index < -0.39 is 5.97 Å². The lowest BCUT2D eigenvalue weighted by Crippen LogP contribution is -1.95. The van der Waals surface area contributed by atoms with Gasteiger partial charge < -0.3 is 5.11 Å². The minimum absolute atomic E-state index is 0.220. The Morgan fingerprint density at radius 2 is 2.05 bits per heavy atom. The van der Waals surface area contributed by atoms with E-state index in [-0.39, 0.29) is 5.56 Å². The maximum atomic E-state index is 10.9. The molecule has 0 saturated heterocycles. The molecule has 0 aliphatic carbocycles. The van der Waals surface area contributed by atoms with Gasteiger partial charge in [-0.3, -0.25) is 0 Å². The molecule has 2 aromatic heterocycles. The second-order valence-electron chi connectivity index (χ2n) is 4.11. The normalized spacial score (nSPS) is 10.0. The lowest BCUT2D eigenvalue weighted by molar-refractivity contribution is 0.0697. The highest BCUT2D eigenvalue weighted by Gasteiger charge is 2.01. The molecule has 0 aliphatic heterocycles. The lowest BCUT2D eigenvalue weighted by atomic mass is 10.1. The molecule has 1 N–H and O–H groups in total. The Kier molecular flexibility index (Phi) is 2.90. The van der Waals surface area contributed by atoms with Crippen molar-refractivity contribution in [2.45, 2.75) is 0 Å². The Bertz CT molecular complexity index is 856. The number of aromatic carboxylic acids is 1. The topological polar surface area (TPSA) is 67.5 Å². The van der Waals surface area contributed by atoms with E-state index in [9.17, 15) is 4.79 Å². The molecule has 3 rings (SSSR count). The van der Waals surface area contributed by atoms with Crippen LogP contribution in [0.15, 0.2) is 48.9 Å². The fourth-order valence-corrected chi connectivity index (χ4v) is 1.75. The van der Waals surface area contributed by atoms with E-state index in [1.807, 2.05) is 0 Å². The zero-order valence-corrected chi connectivity index (χ0v) is 10.3. The van der Waals surface area contributed by atoms with Gasteiger partial charge in [-0.1, -0.05) is 17.9 Å². The molecule has 0 amide bonds. The van der Waals surface area contributed by atoms with Crippen LogP contribution in [0, 0.1) is 11.8 Å². The highest BCUT2D eigenvalue weighted by Crippen LogP contribution is 2.05. The van der Waals surface area contributed by atoms with Crippen molar-refractivity contribution in [2.24, 2.45) is 0 Å². The number of nitrogens with zero attached hydrogens (tertiary/aromatic N) is 3. The molecule has 3 aromatic rings. The molecule has 0 fully saturated rings. The van der Waals surface area contributed by atoms with Crippen LogP contribution in [0.25, 0.3) is 5.65 Å². The van der Waals surface area contributed by atoms with Crippen molar-refractivity contribution in [1.82, 2.24) is 14.6 Å². The first-order valence-corrected chi connectivity index (χ1v) is 5.87. The smallest absolute Gasteiger partial charge is 0.335 e. The summed E-state index contributed by atoms with van der Waals surface area (Å²) in [6, 6.07) is 8.30. The third kappa shape index (κ3) is 2.35. The first-order valence-electron chi connectivity index (χ1n) is 5.87. The van der Waals surface area contributed by atoms with Crippen LogP contribution in [0.1, 0.15) is 21.5 Å². The summed E-state index contributed by atoms with van der Waals surface area (Å²) in [5.74, 6) is 4.90. The molecule has 2 heterocycles. The Morgan fingerprint density at radius 1 is 1.20 bits per heavy atom. The predicted octanol–water partition coefficient (Wildman–Crippen LogP) is 1.83. The maximum absolute atomic E-state index is 10.9. The lowest BCUT2D eigenvalue weighted by Gasteiger charge is -1.95. The molecular formula is C15H9N3O2. The molecule has 0 saturated carbocycles. The van der Waals surface area contributed by atoms with Gasteiger partial charge in [-0.05, 0) is 18.2 Å². The van der Waals surface area contributed by atoms with Crippen molar-refractivity contribution < 1.29 is 9.90 Å². The number of rotatable bonds is 1. The van der Waals surface area contributed by atoms with Gasteiger partial charge in [0.05, 0.1) is 17.3 Å². The van der Waals surface area contributed by atoms with E-state index in [1.165, 1.54) is 12.1 Å². The number of aromatic nitrogens is 3. The van der Waals surface area contributed by atoms with Crippen LogP contribution >= 0.6 is 0 Å². The summed E-state index contributed by atoms with van der Waals surface area (Å²) in [4.78, 5) is 15.1. The van der Waals surface area contributed by atoms with Crippen LogP contribution in [-0.2, 0) is 0 Å². The molecule has 0 bridgehead atoms. The Balaban J connectivity index is 1.94. The van der Waals surface area contributed by atoms with Gasteiger partial charge in [-0.25, -0.2) is 14.3 Å². The van der Waals surface area contributed by atoms with Crippen molar-refractivity contribution in [2.75, 3.05) is 0 Å². The van der Waals surface area contributed by atoms with E-state index in [1.54, 1.807) is 41.3 Å². The van der Waals surface area contributed by atoms with Gasteiger partial charge in [0, 0.05) is 24.0 Å². The summed E-state index contributed by atoms with van der Waals surface area (Å²) in [7, 11) is 0. The number of benzene rings is 1. The van der Waals surface area contributed by atoms with Gasteiger partial charge in [-0.15, -0.1) is 0 Å². The van der Waals surface area contributed by atoms with Crippen molar-refractivity contribution in [3.05, 3.63) is 65.6 Å². The monoisotopic (exact) mass is 263 g/mol. The summed E-state index contributed by atoms with van der Waals surface area (Å²) < 4.78 is 1.64. The first-order chi connectivity index (χ1) is 9.72. The second kappa shape index (κ2) is 4.86.